The van der Waals surface area contributed by atoms with E-state index in [1.54, 1.807) is 6.08 Å². The summed E-state index contributed by atoms with van der Waals surface area (Å²) in [6.07, 6.45) is 1.60. The highest BCUT2D eigenvalue weighted by molar-refractivity contribution is 5.48. The molecule has 0 aliphatic heterocycles. The van der Waals surface area contributed by atoms with Gasteiger partial charge in [0, 0.05) is 6.61 Å². The van der Waals surface area contributed by atoms with Crippen LogP contribution < -0.4 is 4.74 Å². The molecule has 0 spiro atoms. The van der Waals surface area contributed by atoms with Crippen LogP contribution in [0.5, 0.6) is 5.75 Å². The van der Waals surface area contributed by atoms with Gasteiger partial charge in [-0.25, -0.2) is 0 Å². The van der Waals surface area contributed by atoms with Crippen LogP contribution in [0, 0.1) is 0 Å². The molecule has 76 valence electrons. The Bertz CT molecular complexity index is 277. The van der Waals surface area contributed by atoms with E-state index in [1.807, 2.05) is 38.1 Å². The molecule has 2 heteroatoms. The topological polar surface area (TPSA) is 18.5 Å². The summed E-state index contributed by atoms with van der Waals surface area (Å²) in [6.45, 7) is 8.17. The van der Waals surface area contributed by atoms with Crippen LogP contribution in [0.2, 0.25) is 0 Å². The van der Waals surface area contributed by atoms with Crippen LogP contribution in [-0.4, -0.2) is 12.9 Å². The molecule has 1 aromatic carbocycles. The van der Waals surface area contributed by atoms with Crippen LogP contribution in [0.3, 0.4) is 0 Å². The molecule has 2 nitrogen and oxygen atoms in total. The maximum absolute atomic E-state index is 5.50. The van der Waals surface area contributed by atoms with Gasteiger partial charge in [-0.2, -0.15) is 0 Å². The van der Waals surface area contributed by atoms with Gasteiger partial charge in [-0.05, 0) is 31.5 Å². The zero-order valence-electron chi connectivity index (χ0n) is 8.69. The highest BCUT2D eigenvalue weighted by Gasteiger charge is 2.01. The molecule has 0 fully saturated rings. The maximum Gasteiger partial charge on any atom is 0.196 e. The van der Waals surface area contributed by atoms with Crippen molar-refractivity contribution in [2.45, 2.75) is 20.1 Å². The summed E-state index contributed by atoms with van der Waals surface area (Å²) in [5, 5.41) is 0. The molecule has 1 rings (SSSR count). The third-order valence-electron chi connectivity index (χ3n) is 1.82. The number of benzene rings is 1. The predicted octanol–water partition coefficient (Wildman–Crippen LogP) is 3.09. The summed E-state index contributed by atoms with van der Waals surface area (Å²) in [6, 6.07) is 7.74. The lowest BCUT2D eigenvalue weighted by molar-refractivity contribution is -0.0613. The molecule has 0 bridgehead atoms. The summed E-state index contributed by atoms with van der Waals surface area (Å²) in [4.78, 5) is 0. The first kappa shape index (κ1) is 10.8. The van der Waals surface area contributed by atoms with E-state index >= 15 is 0 Å². The van der Waals surface area contributed by atoms with Crippen LogP contribution in [-0.2, 0) is 4.74 Å². The van der Waals surface area contributed by atoms with Crippen LogP contribution in [0.25, 0.3) is 6.08 Å². The number of hydrogen-bond donors (Lipinski definition) is 0. The minimum Gasteiger partial charge on any atom is -0.465 e. The third kappa shape index (κ3) is 3.23. The second-order valence-corrected chi connectivity index (χ2v) is 2.91. The first-order chi connectivity index (χ1) is 6.76. The molecule has 0 aromatic heterocycles. The van der Waals surface area contributed by atoms with Gasteiger partial charge in [0.2, 0.25) is 0 Å². The van der Waals surface area contributed by atoms with Crippen molar-refractivity contribution in [1.29, 1.82) is 0 Å². The Labute approximate surface area is 85.2 Å². The number of ether oxygens (including phenoxy) is 2. The third-order valence-corrected chi connectivity index (χ3v) is 1.82. The van der Waals surface area contributed by atoms with Gasteiger partial charge in [-0.3, -0.25) is 0 Å². The van der Waals surface area contributed by atoms with Crippen molar-refractivity contribution in [1.82, 2.24) is 0 Å². The summed E-state index contributed by atoms with van der Waals surface area (Å²) in [5.41, 5.74) is 1.08. The van der Waals surface area contributed by atoms with Gasteiger partial charge < -0.3 is 9.47 Å². The maximum atomic E-state index is 5.50. The Morgan fingerprint density at radius 3 is 2.50 bits per heavy atom. The monoisotopic (exact) mass is 192 g/mol. The summed E-state index contributed by atoms with van der Waals surface area (Å²) >= 11 is 0. The molecule has 1 aromatic rings. The first-order valence-corrected chi connectivity index (χ1v) is 4.77. The Kier molecular flexibility index (Phi) is 4.20. The molecule has 0 N–H and O–H groups in total. The Morgan fingerprint density at radius 1 is 1.36 bits per heavy atom. The quantitative estimate of drug-likeness (QED) is 0.667. The molecule has 1 atom stereocenters. The standard InChI is InChI=1S/C12H16O2/c1-4-11-6-8-12(9-7-11)14-10(3)13-5-2/h4,6-10H,1,5H2,2-3H3. The van der Waals surface area contributed by atoms with Gasteiger partial charge in [0.05, 0.1) is 0 Å². The van der Waals surface area contributed by atoms with E-state index in [4.69, 9.17) is 9.47 Å². The van der Waals surface area contributed by atoms with Crippen molar-refractivity contribution in [3.63, 3.8) is 0 Å². The van der Waals surface area contributed by atoms with E-state index in [1.165, 1.54) is 0 Å². The molecule has 0 saturated heterocycles. The van der Waals surface area contributed by atoms with E-state index < -0.39 is 0 Å². The molecule has 0 saturated carbocycles. The minimum absolute atomic E-state index is 0.199. The molecule has 0 amide bonds. The highest BCUT2D eigenvalue weighted by atomic mass is 16.7. The van der Waals surface area contributed by atoms with Crippen LogP contribution in [0.15, 0.2) is 30.8 Å². The van der Waals surface area contributed by atoms with Gasteiger partial charge >= 0.3 is 0 Å². The zero-order valence-corrected chi connectivity index (χ0v) is 8.69. The SMILES string of the molecule is C=Cc1ccc(OC(C)OCC)cc1. The average molecular weight is 192 g/mol. The minimum atomic E-state index is -0.199. The lowest BCUT2D eigenvalue weighted by Crippen LogP contribution is -2.15. The molecule has 14 heavy (non-hydrogen) atoms. The first-order valence-electron chi connectivity index (χ1n) is 4.77. The lowest BCUT2D eigenvalue weighted by atomic mass is 10.2. The smallest absolute Gasteiger partial charge is 0.196 e. The van der Waals surface area contributed by atoms with Crippen molar-refractivity contribution >= 4 is 6.08 Å². The van der Waals surface area contributed by atoms with E-state index in [0.29, 0.717) is 6.61 Å². The zero-order chi connectivity index (χ0) is 10.4. The fourth-order valence-corrected chi connectivity index (χ4v) is 1.14. The molecule has 0 aliphatic rings. The highest BCUT2D eigenvalue weighted by Crippen LogP contribution is 2.14. The summed E-state index contributed by atoms with van der Waals surface area (Å²) < 4.78 is 10.8. The molecular weight excluding hydrogens is 176 g/mol. The Balaban J connectivity index is 2.55. The van der Waals surface area contributed by atoms with Crippen molar-refractivity contribution in [3.8, 4) is 5.75 Å². The number of hydrogen-bond acceptors (Lipinski definition) is 2. The molecule has 0 heterocycles. The second kappa shape index (κ2) is 5.45. The lowest BCUT2D eigenvalue weighted by Gasteiger charge is -2.14. The average Bonchev–Trinajstić information content (AvgIpc) is 2.19. The van der Waals surface area contributed by atoms with Crippen molar-refractivity contribution < 1.29 is 9.47 Å². The van der Waals surface area contributed by atoms with Gasteiger partial charge in [0.15, 0.2) is 6.29 Å². The van der Waals surface area contributed by atoms with Crippen molar-refractivity contribution in [2.75, 3.05) is 6.61 Å². The second-order valence-electron chi connectivity index (χ2n) is 2.91. The largest absolute Gasteiger partial charge is 0.465 e. The molecule has 0 radical (unpaired) electrons. The molecular formula is C12H16O2. The van der Waals surface area contributed by atoms with Gasteiger partial charge in [0.25, 0.3) is 0 Å². The Morgan fingerprint density at radius 2 is 2.00 bits per heavy atom. The van der Waals surface area contributed by atoms with Gasteiger partial charge in [0.1, 0.15) is 5.75 Å². The fraction of sp³-hybridized carbons (Fsp3) is 0.333. The predicted molar refractivity (Wildman–Crippen MR) is 58.2 cm³/mol. The van der Waals surface area contributed by atoms with Crippen LogP contribution >= 0.6 is 0 Å². The normalized spacial score (nSPS) is 12.1. The Hall–Kier alpha value is -1.28. The fourth-order valence-electron chi connectivity index (χ4n) is 1.14. The van der Waals surface area contributed by atoms with E-state index in [9.17, 15) is 0 Å². The van der Waals surface area contributed by atoms with E-state index in [0.717, 1.165) is 11.3 Å². The number of rotatable bonds is 5. The van der Waals surface area contributed by atoms with Crippen LogP contribution in [0.4, 0.5) is 0 Å². The van der Waals surface area contributed by atoms with Crippen LogP contribution in [0.1, 0.15) is 19.4 Å². The molecule has 0 aliphatic carbocycles. The summed E-state index contributed by atoms with van der Waals surface area (Å²) in [7, 11) is 0. The van der Waals surface area contributed by atoms with Gasteiger partial charge in [-0.15, -0.1) is 0 Å². The van der Waals surface area contributed by atoms with Crippen molar-refractivity contribution in [2.24, 2.45) is 0 Å². The van der Waals surface area contributed by atoms with Crippen molar-refractivity contribution in [3.05, 3.63) is 36.4 Å². The van der Waals surface area contributed by atoms with Gasteiger partial charge in [-0.1, -0.05) is 24.8 Å². The van der Waals surface area contributed by atoms with E-state index in [-0.39, 0.29) is 6.29 Å². The summed E-state index contributed by atoms with van der Waals surface area (Å²) in [5.74, 6) is 0.816. The molecule has 1 unspecified atom stereocenters. The van der Waals surface area contributed by atoms with E-state index in [2.05, 4.69) is 6.58 Å².